The number of phenols is 1. The molecule has 3 aromatic rings. The van der Waals surface area contributed by atoms with Gasteiger partial charge in [0, 0.05) is 24.0 Å². The van der Waals surface area contributed by atoms with Crippen molar-refractivity contribution in [3.8, 4) is 16.9 Å². The van der Waals surface area contributed by atoms with Crippen molar-refractivity contribution in [1.82, 2.24) is 0 Å². The normalized spacial score (nSPS) is 15.4. The Bertz CT molecular complexity index is 963. The first-order chi connectivity index (χ1) is 12.1. The number of aromatic hydroxyl groups is 1. The first-order valence-electron chi connectivity index (χ1n) is 8.05. The monoisotopic (exact) mass is 331 g/mol. The van der Waals surface area contributed by atoms with Crippen LogP contribution < -0.4 is 4.90 Å². The van der Waals surface area contributed by atoms with E-state index in [1.807, 2.05) is 66.5 Å². The third-order valence-electron chi connectivity index (χ3n) is 4.77. The molecule has 0 aromatic heterocycles. The second kappa shape index (κ2) is 5.67. The lowest BCUT2D eigenvalue weighted by Crippen LogP contribution is -2.26. The lowest BCUT2D eigenvalue weighted by atomic mass is 9.81. The predicted molar refractivity (Wildman–Crippen MR) is 97.5 cm³/mol. The fourth-order valence-corrected chi connectivity index (χ4v) is 3.62. The minimum atomic E-state index is -0.868. The number of fused-ring (bicyclic) bond motifs is 2. The van der Waals surface area contributed by atoms with Crippen LogP contribution in [0.2, 0.25) is 0 Å². The smallest absolute Gasteiger partial charge is 0.315 e. The highest BCUT2D eigenvalue weighted by Crippen LogP contribution is 2.48. The second-order valence-electron chi connectivity index (χ2n) is 6.17. The Morgan fingerprint density at radius 1 is 0.920 bits per heavy atom. The summed E-state index contributed by atoms with van der Waals surface area (Å²) in [6.07, 6.45) is 0. The summed E-state index contributed by atoms with van der Waals surface area (Å²) in [6.45, 7) is 0. The molecule has 0 fully saturated rings. The maximum atomic E-state index is 12.2. The molecule has 0 spiro atoms. The SMILES string of the molecule is CN1c2ccccc2C(C(=O)O)c2c(-c3ccc(O)cc3)cccc21. The Balaban J connectivity index is 2.01. The van der Waals surface area contributed by atoms with E-state index in [1.54, 1.807) is 12.1 Å². The van der Waals surface area contributed by atoms with Gasteiger partial charge in [0.25, 0.3) is 0 Å². The van der Waals surface area contributed by atoms with Crippen LogP contribution in [0.1, 0.15) is 17.0 Å². The van der Waals surface area contributed by atoms with E-state index in [0.29, 0.717) is 0 Å². The van der Waals surface area contributed by atoms with Crippen LogP contribution in [-0.2, 0) is 4.79 Å². The number of anilines is 2. The zero-order valence-corrected chi connectivity index (χ0v) is 13.7. The minimum absolute atomic E-state index is 0.186. The van der Waals surface area contributed by atoms with Crippen molar-refractivity contribution in [2.24, 2.45) is 0 Å². The molecule has 4 rings (SSSR count). The number of carboxylic acid groups (broad SMARTS) is 1. The molecule has 2 N–H and O–H groups in total. The number of para-hydroxylation sites is 1. The predicted octanol–water partition coefficient (Wildman–Crippen LogP) is 4.36. The summed E-state index contributed by atoms with van der Waals surface area (Å²) in [5.41, 5.74) is 5.11. The fraction of sp³-hybridized carbons (Fsp3) is 0.0952. The third-order valence-corrected chi connectivity index (χ3v) is 4.77. The highest BCUT2D eigenvalue weighted by molar-refractivity contribution is 5.94. The summed E-state index contributed by atoms with van der Waals surface area (Å²) < 4.78 is 0. The van der Waals surface area contributed by atoms with Gasteiger partial charge in [-0.3, -0.25) is 4.79 Å². The fourth-order valence-electron chi connectivity index (χ4n) is 3.62. The van der Waals surface area contributed by atoms with Crippen molar-refractivity contribution in [3.05, 3.63) is 77.9 Å². The highest BCUT2D eigenvalue weighted by atomic mass is 16.4. The van der Waals surface area contributed by atoms with Crippen LogP contribution in [0, 0.1) is 0 Å². The van der Waals surface area contributed by atoms with Crippen LogP contribution in [-0.4, -0.2) is 23.2 Å². The molecule has 0 bridgehead atoms. The molecule has 1 aliphatic rings. The summed E-state index contributed by atoms with van der Waals surface area (Å²) in [6, 6.07) is 20.3. The van der Waals surface area contributed by atoms with E-state index in [4.69, 9.17) is 0 Å². The van der Waals surface area contributed by atoms with Crippen molar-refractivity contribution in [1.29, 1.82) is 0 Å². The van der Waals surface area contributed by atoms with Crippen LogP contribution in [0.5, 0.6) is 5.75 Å². The quantitative estimate of drug-likeness (QED) is 0.732. The van der Waals surface area contributed by atoms with Crippen LogP contribution in [0.25, 0.3) is 11.1 Å². The molecular weight excluding hydrogens is 314 g/mol. The standard InChI is InChI=1S/C21H17NO3/c1-22-17-7-3-2-5-16(17)20(21(24)25)19-15(6-4-8-18(19)22)13-9-11-14(23)12-10-13/h2-12,20,23H,1H3,(H,24,25). The van der Waals surface area contributed by atoms with Crippen molar-refractivity contribution >= 4 is 17.3 Å². The number of benzene rings is 3. The maximum absolute atomic E-state index is 12.2. The molecule has 124 valence electrons. The van der Waals surface area contributed by atoms with Crippen molar-refractivity contribution in [2.75, 3.05) is 11.9 Å². The molecule has 0 aliphatic carbocycles. The molecule has 4 heteroatoms. The topological polar surface area (TPSA) is 60.8 Å². The summed E-state index contributed by atoms with van der Waals surface area (Å²) >= 11 is 0. The number of nitrogens with zero attached hydrogens (tertiary/aromatic N) is 1. The van der Waals surface area contributed by atoms with E-state index in [-0.39, 0.29) is 5.75 Å². The number of carboxylic acids is 1. The van der Waals surface area contributed by atoms with Crippen LogP contribution in [0.4, 0.5) is 11.4 Å². The lowest BCUT2D eigenvalue weighted by molar-refractivity contribution is -0.137. The molecule has 1 unspecified atom stereocenters. The first-order valence-corrected chi connectivity index (χ1v) is 8.05. The van der Waals surface area contributed by atoms with Crippen molar-refractivity contribution in [3.63, 3.8) is 0 Å². The van der Waals surface area contributed by atoms with Gasteiger partial charge in [-0.05, 0) is 41.0 Å². The first kappa shape index (κ1) is 15.3. The summed E-state index contributed by atoms with van der Waals surface area (Å²) in [7, 11) is 1.95. The van der Waals surface area contributed by atoms with E-state index in [9.17, 15) is 15.0 Å². The van der Waals surface area contributed by atoms with E-state index in [2.05, 4.69) is 0 Å². The van der Waals surface area contributed by atoms with Crippen LogP contribution in [0.3, 0.4) is 0 Å². The molecule has 1 heterocycles. The Labute approximate surface area is 145 Å². The van der Waals surface area contributed by atoms with Gasteiger partial charge in [0.2, 0.25) is 0 Å². The van der Waals surface area contributed by atoms with Crippen molar-refractivity contribution < 1.29 is 15.0 Å². The molecule has 1 aliphatic heterocycles. The van der Waals surface area contributed by atoms with E-state index in [1.165, 1.54) is 0 Å². The van der Waals surface area contributed by atoms with Gasteiger partial charge in [0.15, 0.2) is 0 Å². The van der Waals surface area contributed by atoms with Gasteiger partial charge in [-0.15, -0.1) is 0 Å². The Kier molecular flexibility index (Phi) is 3.46. The molecule has 0 saturated heterocycles. The van der Waals surface area contributed by atoms with Gasteiger partial charge >= 0.3 is 5.97 Å². The van der Waals surface area contributed by atoms with Gasteiger partial charge in [-0.2, -0.15) is 0 Å². The van der Waals surface area contributed by atoms with E-state index >= 15 is 0 Å². The number of carbonyl (C=O) groups is 1. The summed E-state index contributed by atoms with van der Waals surface area (Å²) in [5.74, 6) is -1.41. The molecule has 3 aromatic carbocycles. The molecule has 25 heavy (non-hydrogen) atoms. The van der Waals surface area contributed by atoms with Gasteiger partial charge < -0.3 is 15.1 Å². The summed E-state index contributed by atoms with van der Waals surface area (Å²) in [5, 5.41) is 19.5. The van der Waals surface area contributed by atoms with Gasteiger partial charge in [0.05, 0.1) is 0 Å². The number of hydrogen-bond donors (Lipinski definition) is 2. The minimum Gasteiger partial charge on any atom is -0.508 e. The lowest BCUT2D eigenvalue weighted by Gasteiger charge is -2.35. The van der Waals surface area contributed by atoms with E-state index in [0.717, 1.165) is 33.6 Å². The molecule has 0 saturated carbocycles. The average molecular weight is 331 g/mol. The van der Waals surface area contributed by atoms with Crippen molar-refractivity contribution in [2.45, 2.75) is 5.92 Å². The third kappa shape index (κ3) is 2.34. The average Bonchev–Trinajstić information content (AvgIpc) is 2.62. The highest BCUT2D eigenvalue weighted by Gasteiger charge is 2.35. The van der Waals surface area contributed by atoms with Gasteiger partial charge in [-0.25, -0.2) is 0 Å². The Hall–Kier alpha value is -3.27. The van der Waals surface area contributed by atoms with Crippen LogP contribution in [0.15, 0.2) is 66.7 Å². The molecular formula is C21H17NO3. The maximum Gasteiger partial charge on any atom is 0.315 e. The molecule has 4 nitrogen and oxygen atoms in total. The van der Waals surface area contributed by atoms with Gasteiger partial charge in [0.1, 0.15) is 11.7 Å². The molecule has 0 amide bonds. The zero-order chi connectivity index (χ0) is 17.6. The largest absolute Gasteiger partial charge is 0.508 e. The second-order valence-corrected chi connectivity index (χ2v) is 6.17. The van der Waals surface area contributed by atoms with E-state index < -0.39 is 11.9 Å². The zero-order valence-electron chi connectivity index (χ0n) is 13.7. The number of phenolic OH excluding ortho intramolecular Hbond substituents is 1. The number of hydrogen-bond acceptors (Lipinski definition) is 3. The molecule has 0 radical (unpaired) electrons. The Morgan fingerprint density at radius 2 is 1.60 bits per heavy atom. The Morgan fingerprint density at radius 3 is 2.32 bits per heavy atom. The molecule has 1 atom stereocenters. The number of rotatable bonds is 2. The summed E-state index contributed by atoms with van der Waals surface area (Å²) in [4.78, 5) is 14.2. The van der Waals surface area contributed by atoms with Gasteiger partial charge in [-0.1, -0.05) is 42.5 Å². The van der Waals surface area contributed by atoms with Crippen LogP contribution >= 0.6 is 0 Å². The number of aliphatic carboxylic acids is 1.